The van der Waals surface area contributed by atoms with Gasteiger partial charge >= 0.3 is 0 Å². The van der Waals surface area contributed by atoms with E-state index in [1.54, 1.807) is 12.1 Å². The van der Waals surface area contributed by atoms with E-state index in [4.69, 9.17) is 0 Å². The van der Waals surface area contributed by atoms with E-state index in [2.05, 4.69) is 5.32 Å². The zero-order valence-electron chi connectivity index (χ0n) is 15.8. The maximum absolute atomic E-state index is 12.4. The van der Waals surface area contributed by atoms with Gasteiger partial charge in [-0.2, -0.15) is 0 Å². The first-order chi connectivity index (χ1) is 13.0. The molecule has 1 aliphatic carbocycles. The molecule has 0 bridgehead atoms. The molecule has 142 valence electrons. The fourth-order valence-corrected chi connectivity index (χ4v) is 3.63. The van der Waals surface area contributed by atoms with Crippen molar-refractivity contribution < 1.29 is 14.7 Å². The van der Waals surface area contributed by atoms with Crippen molar-refractivity contribution in [2.45, 2.75) is 44.9 Å². The van der Waals surface area contributed by atoms with Gasteiger partial charge < -0.3 is 10.4 Å². The van der Waals surface area contributed by atoms with Crippen LogP contribution in [0.4, 0.5) is 0 Å². The molecule has 1 amide bonds. The van der Waals surface area contributed by atoms with Crippen molar-refractivity contribution in [2.24, 2.45) is 5.92 Å². The Labute approximate surface area is 160 Å². The van der Waals surface area contributed by atoms with Crippen molar-refractivity contribution >= 4 is 11.7 Å². The van der Waals surface area contributed by atoms with Crippen LogP contribution < -0.4 is 5.32 Å². The molecule has 0 radical (unpaired) electrons. The molecule has 2 aromatic rings. The Morgan fingerprint density at radius 1 is 1.11 bits per heavy atom. The minimum atomic E-state index is -0.216. The molecule has 0 aliphatic heterocycles. The van der Waals surface area contributed by atoms with Gasteiger partial charge in [0.1, 0.15) is 11.5 Å². The topological polar surface area (TPSA) is 66.4 Å². The average Bonchev–Trinajstić information content (AvgIpc) is 3.08. The predicted octanol–water partition coefficient (Wildman–Crippen LogP) is 3.77. The summed E-state index contributed by atoms with van der Waals surface area (Å²) < 4.78 is 0. The lowest BCUT2D eigenvalue weighted by Crippen LogP contribution is -2.29. The van der Waals surface area contributed by atoms with Crippen molar-refractivity contribution in [1.82, 2.24) is 5.32 Å². The van der Waals surface area contributed by atoms with Gasteiger partial charge in [0.2, 0.25) is 5.91 Å². The number of phenolic OH excluding ortho intramolecular Hbond substituents is 1. The molecule has 27 heavy (non-hydrogen) atoms. The van der Waals surface area contributed by atoms with Crippen LogP contribution in [0.5, 0.6) is 5.75 Å². The summed E-state index contributed by atoms with van der Waals surface area (Å²) in [6.07, 6.45) is 4.28. The van der Waals surface area contributed by atoms with Crippen molar-refractivity contribution in [2.75, 3.05) is 6.54 Å². The predicted molar refractivity (Wildman–Crippen MR) is 106 cm³/mol. The second kappa shape index (κ2) is 8.85. The molecule has 3 rings (SSSR count). The maximum Gasteiger partial charge on any atom is 0.227 e. The molecule has 2 atom stereocenters. The summed E-state index contributed by atoms with van der Waals surface area (Å²) >= 11 is 0. The first-order valence-electron chi connectivity index (χ1n) is 9.70. The second-order valence-electron chi connectivity index (χ2n) is 7.43. The number of carbonyl (C=O) groups is 2. The highest BCUT2D eigenvalue weighted by atomic mass is 16.3. The van der Waals surface area contributed by atoms with Gasteiger partial charge in [-0.3, -0.25) is 9.59 Å². The van der Waals surface area contributed by atoms with E-state index < -0.39 is 0 Å². The van der Waals surface area contributed by atoms with Gasteiger partial charge in [-0.1, -0.05) is 36.4 Å². The zero-order chi connectivity index (χ0) is 19.2. The van der Waals surface area contributed by atoms with Crippen LogP contribution in [-0.2, 0) is 22.4 Å². The van der Waals surface area contributed by atoms with Gasteiger partial charge in [0.15, 0.2) is 0 Å². The molecule has 1 saturated carbocycles. The van der Waals surface area contributed by atoms with E-state index in [-0.39, 0.29) is 23.5 Å². The number of aromatic hydroxyl groups is 1. The lowest BCUT2D eigenvalue weighted by molar-refractivity contribution is -0.122. The van der Waals surface area contributed by atoms with E-state index in [1.807, 2.05) is 43.3 Å². The Morgan fingerprint density at radius 3 is 2.41 bits per heavy atom. The van der Waals surface area contributed by atoms with Crippen LogP contribution in [-0.4, -0.2) is 23.3 Å². The zero-order valence-corrected chi connectivity index (χ0v) is 15.8. The number of amides is 1. The van der Waals surface area contributed by atoms with E-state index in [1.165, 1.54) is 5.56 Å². The summed E-state index contributed by atoms with van der Waals surface area (Å²) in [5, 5.41) is 12.3. The Bertz CT molecular complexity index is 780. The maximum atomic E-state index is 12.4. The molecule has 2 N–H and O–H groups in total. The monoisotopic (exact) mass is 365 g/mol. The highest BCUT2D eigenvalue weighted by Crippen LogP contribution is 2.26. The van der Waals surface area contributed by atoms with Crippen LogP contribution in [0, 0.1) is 5.92 Å². The summed E-state index contributed by atoms with van der Waals surface area (Å²) in [5.74, 6) is 0.605. The minimum absolute atomic E-state index is 0.00694. The van der Waals surface area contributed by atoms with Crippen molar-refractivity contribution in [3.05, 3.63) is 65.2 Å². The number of phenols is 1. The molecule has 0 aromatic heterocycles. The van der Waals surface area contributed by atoms with Gasteiger partial charge in [0.05, 0.1) is 5.92 Å². The van der Waals surface area contributed by atoms with E-state index in [9.17, 15) is 14.7 Å². The van der Waals surface area contributed by atoms with Gasteiger partial charge in [0, 0.05) is 18.9 Å². The highest BCUT2D eigenvalue weighted by molar-refractivity contribution is 5.83. The van der Waals surface area contributed by atoms with Crippen molar-refractivity contribution in [3.63, 3.8) is 0 Å². The SMILES string of the molecule is C[C@H](C(=O)NCCc1ccc(O)cc1)c1ccc(C[C@@H]2CCCC2=O)cc1. The minimum Gasteiger partial charge on any atom is -0.508 e. The second-order valence-corrected chi connectivity index (χ2v) is 7.43. The summed E-state index contributed by atoms with van der Waals surface area (Å²) in [7, 11) is 0. The highest BCUT2D eigenvalue weighted by Gasteiger charge is 2.24. The number of Topliss-reactive ketones (excluding diaryl/α,β-unsaturated/α-hetero) is 1. The Balaban J connectivity index is 1.48. The van der Waals surface area contributed by atoms with E-state index >= 15 is 0 Å². The van der Waals surface area contributed by atoms with Crippen LogP contribution >= 0.6 is 0 Å². The summed E-state index contributed by atoms with van der Waals surface area (Å²) in [6.45, 7) is 2.47. The average molecular weight is 365 g/mol. The number of hydrogen-bond acceptors (Lipinski definition) is 3. The number of hydrogen-bond donors (Lipinski definition) is 2. The standard InChI is InChI=1S/C23H27NO3/c1-16(23(27)24-14-13-17-7-11-21(25)12-8-17)19-9-5-18(6-10-19)15-20-3-2-4-22(20)26/h5-12,16,20,25H,2-4,13-15H2,1H3,(H,24,27)/t16-,20-/m0/s1. The fourth-order valence-electron chi connectivity index (χ4n) is 3.63. The van der Waals surface area contributed by atoms with Crippen molar-refractivity contribution in [1.29, 1.82) is 0 Å². The molecule has 0 heterocycles. The van der Waals surface area contributed by atoms with Crippen LogP contribution in [0.3, 0.4) is 0 Å². The first kappa shape index (κ1) is 19.2. The quantitative estimate of drug-likeness (QED) is 0.785. The van der Waals surface area contributed by atoms with Gasteiger partial charge in [0.25, 0.3) is 0 Å². The molecule has 0 unspecified atom stereocenters. The van der Waals surface area contributed by atoms with E-state index in [0.29, 0.717) is 12.3 Å². The summed E-state index contributed by atoms with van der Waals surface area (Å²) in [5.41, 5.74) is 3.23. The lowest BCUT2D eigenvalue weighted by Gasteiger charge is -2.14. The van der Waals surface area contributed by atoms with Gasteiger partial charge in [-0.25, -0.2) is 0 Å². The Kier molecular flexibility index (Phi) is 6.28. The number of rotatable bonds is 7. The molecule has 4 nitrogen and oxygen atoms in total. The molecule has 1 aliphatic rings. The smallest absolute Gasteiger partial charge is 0.227 e. The molecule has 4 heteroatoms. The number of benzene rings is 2. The van der Waals surface area contributed by atoms with Crippen LogP contribution in [0.15, 0.2) is 48.5 Å². The number of carbonyl (C=O) groups excluding carboxylic acids is 2. The largest absolute Gasteiger partial charge is 0.508 e. The van der Waals surface area contributed by atoms with Crippen LogP contribution in [0.1, 0.15) is 48.8 Å². The molecule has 0 saturated heterocycles. The first-order valence-corrected chi connectivity index (χ1v) is 9.70. The Morgan fingerprint density at radius 2 is 1.78 bits per heavy atom. The molecule has 0 spiro atoms. The normalized spacial score (nSPS) is 17.7. The summed E-state index contributed by atoms with van der Waals surface area (Å²) in [6, 6.07) is 15.1. The van der Waals surface area contributed by atoms with Crippen LogP contribution in [0.2, 0.25) is 0 Å². The lowest BCUT2D eigenvalue weighted by atomic mass is 9.94. The van der Waals surface area contributed by atoms with Gasteiger partial charge in [-0.05, 0) is 61.4 Å². The fraction of sp³-hybridized carbons (Fsp3) is 0.391. The third kappa shape index (κ3) is 5.19. The van der Waals surface area contributed by atoms with Crippen molar-refractivity contribution in [3.8, 4) is 5.75 Å². The molecule has 1 fully saturated rings. The molecular weight excluding hydrogens is 338 g/mol. The molecular formula is C23H27NO3. The number of ketones is 1. The summed E-state index contributed by atoms with van der Waals surface area (Å²) in [4.78, 5) is 24.2. The third-order valence-corrected chi connectivity index (χ3v) is 5.44. The van der Waals surface area contributed by atoms with Gasteiger partial charge in [-0.15, -0.1) is 0 Å². The van der Waals surface area contributed by atoms with E-state index in [0.717, 1.165) is 43.2 Å². The number of nitrogens with one attached hydrogen (secondary N) is 1. The Hall–Kier alpha value is -2.62. The molecule has 2 aromatic carbocycles. The van der Waals surface area contributed by atoms with Crippen LogP contribution in [0.25, 0.3) is 0 Å². The third-order valence-electron chi connectivity index (χ3n) is 5.44.